The van der Waals surface area contributed by atoms with Gasteiger partial charge in [0.15, 0.2) is 0 Å². The van der Waals surface area contributed by atoms with Gasteiger partial charge in [0.05, 0.1) is 0 Å². The van der Waals surface area contributed by atoms with Gasteiger partial charge in [-0.15, -0.1) is 0 Å². The Hall–Kier alpha value is -0.950. The predicted octanol–water partition coefficient (Wildman–Crippen LogP) is 4.07. The van der Waals surface area contributed by atoms with Crippen molar-refractivity contribution in [3.8, 4) is 0 Å². The largest absolute Gasteiger partial charge is 0.322 e. The first kappa shape index (κ1) is 16.1. The maximum atomic E-state index is 13.3. The molecule has 1 unspecified atom stereocenters. The van der Waals surface area contributed by atoms with Crippen LogP contribution in [0, 0.1) is 19.7 Å². The Labute approximate surface area is 116 Å². The number of nitrogens with one attached hydrogen (secondary N) is 1. The first-order valence-corrected chi connectivity index (χ1v) is 9.75. The Bertz CT molecular complexity index is 457. The Balaban J connectivity index is 3.00. The number of amides is 1. The van der Waals surface area contributed by atoms with Crippen molar-refractivity contribution in [1.29, 1.82) is 0 Å². The summed E-state index contributed by atoms with van der Waals surface area (Å²) in [5.41, 5.74) is 2.34. The third-order valence-electron chi connectivity index (χ3n) is 3.37. The van der Waals surface area contributed by atoms with E-state index in [9.17, 15) is 9.18 Å². The smallest absolute Gasteiger partial charge is 0.264 e. The van der Waals surface area contributed by atoms with Gasteiger partial charge in [0.25, 0.3) is 5.91 Å². The molecule has 0 aliphatic rings. The van der Waals surface area contributed by atoms with Gasteiger partial charge in [0.1, 0.15) is 11.5 Å². The van der Waals surface area contributed by atoms with Crippen molar-refractivity contribution >= 4 is 18.9 Å². The molecule has 1 N–H and O–H groups in total. The third kappa shape index (κ3) is 4.01. The van der Waals surface area contributed by atoms with Crippen LogP contribution in [0.1, 0.15) is 24.5 Å². The summed E-state index contributed by atoms with van der Waals surface area (Å²) in [5.74, 6) is -0.204. The van der Waals surface area contributed by atoms with Crippen molar-refractivity contribution in [3.05, 3.63) is 29.1 Å². The molecule has 19 heavy (non-hydrogen) atoms. The van der Waals surface area contributed by atoms with E-state index in [1.165, 1.54) is 12.1 Å². The van der Waals surface area contributed by atoms with Crippen LogP contribution in [0.2, 0.25) is 0 Å². The van der Waals surface area contributed by atoms with Crippen LogP contribution < -0.4 is 5.32 Å². The van der Waals surface area contributed by atoms with Gasteiger partial charge in [-0.2, -0.15) is 0 Å². The van der Waals surface area contributed by atoms with E-state index in [-0.39, 0.29) is 17.4 Å². The van der Waals surface area contributed by atoms with E-state index in [1.54, 1.807) is 0 Å². The summed E-state index contributed by atoms with van der Waals surface area (Å²) in [6, 6.07) is 2.91. The molecule has 0 radical (unpaired) electrons. The van der Waals surface area contributed by atoms with Crippen LogP contribution in [-0.4, -0.2) is 31.6 Å². The lowest BCUT2D eigenvalue weighted by Gasteiger charge is -2.23. The lowest BCUT2D eigenvalue weighted by atomic mass is 10.1. The molecule has 1 aromatic carbocycles. The topological polar surface area (TPSA) is 29.1 Å². The number of carbonyl (C=O) groups excluding carboxylic acids is 1. The van der Waals surface area contributed by atoms with Crippen molar-refractivity contribution in [2.75, 3.05) is 25.3 Å². The van der Waals surface area contributed by atoms with Gasteiger partial charge >= 0.3 is 0 Å². The van der Waals surface area contributed by atoms with Crippen LogP contribution >= 0.6 is 7.26 Å². The molecule has 0 bridgehead atoms. The zero-order chi connectivity index (χ0) is 14.8. The molecule has 1 amide bonds. The van der Waals surface area contributed by atoms with E-state index in [2.05, 4.69) is 25.3 Å². The Kier molecular flexibility index (Phi) is 5.09. The summed E-state index contributed by atoms with van der Waals surface area (Å²) in [7, 11) is -1.24. The fourth-order valence-corrected chi connectivity index (χ4v) is 4.26. The second-order valence-corrected chi connectivity index (χ2v) is 10.8. The molecule has 106 valence electrons. The minimum absolute atomic E-state index is 0.0522. The van der Waals surface area contributed by atoms with Gasteiger partial charge in [-0.3, -0.25) is 4.79 Å². The minimum atomic E-state index is -1.24. The molecular formula is C15H24FNOP+. The second kappa shape index (κ2) is 6.00. The number of halogens is 1. The van der Waals surface area contributed by atoms with Gasteiger partial charge in [-0.05, 0) is 43.5 Å². The zero-order valence-electron chi connectivity index (χ0n) is 12.7. The first-order chi connectivity index (χ1) is 8.66. The molecule has 0 saturated heterocycles. The van der Waals surface area contributed by atoms with Crippen LogP contribution in [-0.2, 0) is 4.79 Å². The molecule has 4 heteroatoms. The Morgan fingerprint density at radius 3 is 2.11 bits per heavy atom. The van der Waals surface area contributed by atoms with E-state index in [4.69, 9.17) is 0 Å². The predicted molar refractivity (Wildman–Crippen MR) is 83.3 cm³/mol. The highest BCUT2D eigenvalue weighted by Crippen LogP contribution is 2.53. The maximum absolute atomic E-state index is 13.3. The maximum Gasteiger partial charge on any atom is 0.264 e. The van der Waals surface area contributed by atoms with E-state index < -0.39 is 7.26 Å². The molecule has 0 heterocycles. The monoisotopic (exact) mass is 284 g/mol. The van der Waals surface area contributed by atoms with Crippen molar-refractivity contribution in [2.24, 2.45) is 0 Å². The molecule has 0 spiro atoms. The lowest BCUT2D eigenvalue weighted by Crippen LogP contribution is -2.29. The molecule has 0 aliphatic heterocycles. The summed E-state index contributed by atoms with van der Waals surface area (Å²) in [6.07, 6.45) is 0.836. The zero-order valence-corrected chi connectivity index (χ0v) is 13.6. The molecule has 0 fully saturated rings. The molecule has 1 rings (SSSR count). The highest BCUT2D eigenvalue weighted by molar-refractivity contribution is 7.75. The molecule has 1 atom stereocenters. The van der Waals surface area contributed by atoms with Crippen LogP contribution in [0.15, 0.2) is 12.1 Å². The summed E-state index contributed by atoms with van der Waals surface area (Å²) >= 11 is 0. The van der Waals surface area contributed by atoms with E-state index in [0.29, 0.717) is 0 Å². The number of hydrogen-bond donors (Lipinski definition) is 1. The van der Waals surface area contributed by atoms with Crippen molar-refractivity contribution in [1.82, 2.24) is 0 Å². The molecule has 0 aromatic heterocycles. The van der Waals surface area contributed by atoms with Gasteiger partial charge < -0.3 is 5.32 Å². The third-order valence-corrected chi connectivity index (χ3v) is 5.84. The summed E-state index contributed by atoms with van der Waals surface area (Å²) in [4.78, 5) is 12.4. The molecule has 2 nitrogen and oxygen atoms in total. The first-order valence-electron chi connectivity index (χ1n) is 6.55. The lowest BCUT2D eigenvalue weighted by molar-refractivity contribution is -0.115. The number of carbonyl (C=O) groups is 1. The highest BCUT2D eigenvalue weighted by Gasteiger charge is 2.36. The van der Waals surface area contributed by atoms with Crippen LogP contribution in [0.3, 0.4) is 0 Å². The standard InChI is InChI=1S/C15H23FNOP/c1-7-13(19(4,5)6)15(18)17-14-10(2)8-12(16)9-11(14)3/h8-9,13H,7H2,1-6H3/p+1. The minimum Gasteiger partial charge on any atom is -0.322 e. The van der Waals surface area contributed by atoms with Crippen molar-refractivity contribution in [3.63, 3.8) is 0 Å². The van der Waals surface area contributed by atoms with Gasteiger partial charge in [-0.25, -0.2) is 4.39 Å². The van der Waals surface area contributed by atoms with Crippen molar-refractivity contribution in [2.45, 2.75) is 32.9 Å². The van der Waals surface area contributed by atoms with Crippen molar-refractivity contribution < 1.29 is 9.18 Å². The molecular weight excluding hydrogens is 260 g/mol. The fourth-order valence-electron chi connectivity index (χ4n) is 2.40. The number of hydrogen-bond acceptors (Lipinski definition) is 1. The highest BCUT2D eigenvalue weighted by atomic mass is 31.2. The summed E-state index contributed by atoms with van der Waals surface area (Å²) < 4.78 is 13.3. The number of aryl methyl sites for hydroxylation is 2. The molecule has 1 aromatic rings. The number of benzene rings is 1. The SMILES string of the molecule is CCC(C(=O)Nc1c(C)cc(F)cc1C)[P+](C)(C)C. The average molecular weight is 284 g/mol. The summed E-state index contributed by atoms with van der Waals surface area (Å²) in [6.45, 7) is 12.2. The Morgan fingerprint density at radius 1 is 1.26 bits per heavy atom. The number of anilines is 1. The molecule has 0 saturated carbocycles. The van der Waals surface area contributed by atoms with E-state index >= 15 is 0 Å². The number of rotatable bonds is 4. The van der Waals surface area contributed by atoms with E-state index in [0.717, 1.165) is 23.2 Å². The normalized spacial score (nSPS) is 13.2. The second-order valence-electron chi connectivity index (χ2n) is 5.94. The molecule has 0 aliphatic carbocycles. The van der Waals surface area contributed by atoms with Crippen LogP contribution in [0.5, 0.6) is 0 Å². The van der Waals surface area contributed by atoms with Gasteiger partial charge in [0.2, 0.25) is 0 Å². The fraction of sp³-hybridized carbons (Fsp3) is 0.533. The Morgan fingerprint density at radius 2 is 1.74 bits per heavy atom. The van der Waals surface area contributed by atoms with Gasteiger partial charge in [-0.1, -0.05) is 6.92 Å². The average Bonchev–Trinajstić information content (AvgIpc) is 2.22. The summed E-state index contributed by atoms with van der Waals surface area (Å²) in [5, 5.41) is 2.99. The van der Waals surface area contributed by atoms with E-state index in [1.807, 2.05) is 20.8 Å². The van der Waals surface area contributed by atoms with Crippen LogP contribution in [0.25, 0.3) is 0 Å². The quantitative estimate of drug-likeness (QED) is 0.830. The van der Waals surface area contributed by atoms with Crippen LogP contribution in [0.4, 0.5) is 10.1 Å². The van der Waals surface area contributed by atoms with Gasteiger partial charge in [0, 0.05) is 32.9 Å².